The fourth-order valence-electron chi connectivity index (χ4n) is 2.52. The Kier molecular flexibility index (Phi) is 3.76. The zero-order valence-electron chi connectivity index (χ0n) is 13.5. The van der Waals surface area contributed by atoms with Crippen molar-refractivity contribution in [3.8, 4) is 0 Å². The predicted molar refractivity (Wildman–Crippen MR) is 85.6 cm³/mol. The first kappa shape index (κ1) is 15.7. The lowest BCUT2D eigenvalue weighted by Gasteiger charge is -2.13. The van der Waals surface area contributed by atoms with Gasteiger partial charge in [0.15, 0.2) is 0 Å². The monoisotopic (exact) mass is 328 g/mol. The third-order valence-corrected chi connectivity index (χ3v) is 3.85. The molecule has 0 radical (unpaired) electrons. The molecule has 0 unspecified atom stereocenters. The lowest BCUT2D eigenvalue weighted by atomic mass is 10.2. The van der Waals surface area contributed by atoms with E-state index in [0.717, 1.165) is 5.65 Å². The molecule has 3 heterocycles. The minimum Gasteiger partial charge on any atom is -0.334 e. The average molecular weight is 328 g/mol. The average Bonchev–Trinajstić information content (AvgIpc) is 3.07. The summed E-state index contributed by atoms with van der Waals surface area (Å²) in [5.41, 5.74) is 1.38. The molecule has 24 heavy (non-hydrogen) atoms. The largest absolute Gasteiger partial charge is 0.334 e. The van der Waals surface area contributed by atoms with E-state index in [1.54, 1.807) is 21.0 Å². The summed E-state index contributed by atoms with van der Waals surface area (Å²) >= 11 is 0. The fraction of sp³-hybridized carbons (Fsp3) is 0.267. The number of rotatable bonds is 4. The maximum absolute atomic E-state index is 12.6. The molecule has 9 nitrogen and oxygen atoms in total. The van der Waals surface area contributed by atoms with E-state index in [2.05, 4.69) is 10.1 Å². The summed E-state index contributed by atoms with van der Waals surface area (Å²) in [5.74, 6) is -0.512. The van der Waals surface area contributed by atoms with Gasteiger partial charge in [0, 0.05) is 26.5 Å². The SMILES string of the molecule is Cc1c([N+](=O)[O-])c(C(=O)N(C)Cc2cn3ccccc3n2)nn1C. The number of pyridine rings is 1. The molecule has 0 atom stereocenters. The molecule has 0 aliphatic rings. The molecule has 0 aliphatic heterocycles. The standard InChI is InChI=1S/C15H16N6O3/c1-10-14(21(23)24)13(17-19(10)3)15(22)18(2)8-11-9-20-7-5-4-6-12(20)16-11/h4-7,9H,8H2,1-3H3. The van der Waals surface area contributed by atoms with Gasteiger partial charge in [-0.15, -0.1) is 0 Å². The van der Waals surface area contributed by atoms with Crippen LogP contribution in [0.3, 0.4) is 0 Å². The summed E-state index contributed by atoms with van der Waals surface area (Å²) in [6.07, 6.45) is 3.68. The van der Waals surface area contributed by atoms with E-state index in [-0.39, 0.29) is 17.9 Å². The number of amides is 1. The summed E-state index contributed by atoms with van der Waals surface area (Å²) in [7, 11) is 3.14. The fourth-order valence-corrected chi connectivity index (χ4v) is 2.52. The molecule has 0 saturated heterocycles. The normalized spacial score (nSPS) is 11.0. The molecule has 0 aliphatic carbocycles. The highest BCUT2D eigenvalue weighted by Gasteiger charge is 2.30. The maximum Gasteiger partial charge on any atom is 0.322 e. The highest BCUT2D eigenvalue weighted by atomic mass is 16.6. The van der Waals surface area contributed by atoms with Crippen LogP contribution in [0.1, 0.15) is 21.9 Å². The van der Waals surface area contributed by atoms with Gasteiger partial charge >= 0.3 is 5.69 Å². The lowest BCUT2D eigenvalue weighted by Crippen LogP contribution is -2.27. The van der Waals surface area contributed by atoms with E-state index in [4.69, 9.17) is 0 Å². The van der Waals surface area contributed by atoms with Gasteiger partial charge in [-0.3, -0.25) is 19.6 Å². The molecular formula is C15H16N6O3. The van der Waals surface area contributed by atoms with Crippen molar-refractivity contribution in [3.63, 3.8) is 0 Å². The maximum atomic E-state index is 12.6. The van der Waals surface area contributed by atoms with Crippen molar-refractivity contribution in [2.24, 2.45) is 7.05 Å². The van der Waals surface area contributed by atoms with Crippen LogP contribution in [0.5, 0.6) is 0 Å². The molecule has 0 saturated carbocycles. The van der Waals surface area contributed by atoms with Gasteiger partial charge in [-0.05, 0) is 19.1 Å². The Bertz CT molecular complexity index is 909. The molecule has 124 valence electrons. The summed E-state index contributed by atoms with van der Waals surface area (Å²) in [6.45, 7) is 1.79. The number of carbonyl (C=O) groups is 1. The molecule has 0 aromatic carbocycles. The Hall–Kier alpha value is -3.23. The van der Waals surface area contributed by atoms with Gasteiger partial charge in [-0.2, -0.15) is 5.10 Å². The molecule has 3 aromatic rings. The topological polar surface area (TPSA) is 98.6 Å². The second-order valence-electron chi connectivity index (χ2n) is 5.52. The van der Waals surface area contributed by atoms with Crippen LogP contribution in [-0.2, 0) is 13.6 Å². The smallest absolute Gasteiger partial charge is 0.322 e. The number of hydrogen-bond donors (Lipinski definition) is 0. The minimum absolute atomic E-state index is 0.161. The number of aryl methyl sites for hydroxylation is 1. The van der Waals surface area contributed by atoms with Crippen LogP contribution < -0.4 is 0 Å². The van der Waals surface area contributed by atoms with E-state index in [9.17, 15) is 14.9 Å². The van der Waals surface area contributed by atoms with Crippen molar-refractivity contribution < 1.29 is 9.72 Å². The van der Waals surface area contributed by atoms with Crippen molar-refractivity contribution in [2.75, 3.05) is 7.05 Å². The van der Waals surface area contributed by atoms with Gasteiger partial charge in [0.25, 0.3) is 5.91 Å². The summed E-state index contributed by atoms with van der Waals surface area (Å²) in [4.78, 5) is 29.0. The van der Waals surface area contributed by atoms with E-state index < -0.39 is 10.8 Å². The molecule has 0 spiro atoms. The molecule has 1 amide bonds. The molecule has 9 heteroatoms. The highest BCUT2D eigenvalue weighted by molar-refractivity contribution is 5.96. The molecule has 0 fully saturated rings. The van der Waals surface area contributed by atoms with E-state index >= 15 is 0 Å². The van der Waals surface area contributed by atoms with Gasteiger partial charge < -0.3 is 9.30 Å². The van der Waals surface area contributed by atoms with Crippen LogP contribution in [0.25, 0.3) is 5.65 Å². The quantitative estimate of drug-likeness (QED) is 0.534. The second-order valence-corrected chi connectivity index (χ2v) is 5.52. The molecule has 3 aromatic heterocycles. The number of fused-ring (bicyclic) bond motifs is 1. The van der Waals surface area contributed by atoms with Gasteiger partial charge in [-0.1, -0.05) is 6.07 Å². The van der Waals surface area contributed by atoms with E-state index in [0.29, 0.717) is 11.4 Å². The first-order valence-corrected chi connectivity index (χ1v) is 7.24. The molecular weight excluding hydrogens is 312 g/mol. The van der Waals surface area contributed by atoms with Crippen LogP contribution in [0.2, 0.25) is 0 Å². The Morgan fingerprint density at radius 3 is 2.83 bits per heavy atom. The van der Waals surface area contributed by atoms with Crippen LogP contribution >= 0.6 is 0 Å². The highest BCUT2D eigenvalue weighted by Crippen LogP contribution is 2.23. The number of nitro groups is 1. The van der Waals surface area contributed by atoms with Gasteiger partial charge in [0.05, 0.1) is 17.2 Å². The first-order chi connectivity index (χ1) is 11.4. The molecule has 0 bridgehead atoms. The summed E-state index contributed by atoms with van der Waals surface area (Å²) in [6, 6.07) is 5.62. The van der Waals surface area contributed by atoms with Crippen LogP contribution in [0.15, 0.2) is 30.6 Å². The predicted octanol–water partition coefficient (Wildman–Crippen LogP) is 1.56. The Balaban J connectivity index is 1.87. The van der Waals surface area contributed by atoms with Crippen molar-refractivity contribution in [1.82, 2.24) is 24.1 Å². The Labute approximate surface area is 137 Å². The van der Waals surface area contributed by atoms with Crippen LogP contribution in [0, 0.1) is 17.0 Å². The van der Waals surface area contributed by atoms with Crippen LogP contribution in [-0.4, -0.2) is 41.9 Å². The van der Waals surface area contributed by atoms with Crippen molar-refractivity contribution in [3.05, 3.63) is 57.8 Å². The molecule has 3 rings (SSSR count). The van der Waals surface area contributed by atoms with E-state index in [1.807, 2.05) is 35.0 Å². The third-order valence-electron chi connectivity index (χ3n) is 3.85. The summed E-state index contributed by atoms with van der Waals surface area (Å²) in [5, 5.41) is 15.2. The summed E-state index contributed by atoms with van der Waals surface area (Å²) < 4.78 is 3.19. The Morgan fingerprint density at radius 1 is 1.42 bits per heavy atom. The zero-order valence-corrected chi connectivity index (χ0v) is 13.5. The number of imidazole rings is 1. The minimum atomic E-state index is -0.575. The number of hydrogen-bond acceptors (Lipinski definition) is 5. The lowest BCUT2D eigenvalue weighted by molar-refractivity contribution is -0.385. The van der Waals surface area contributed by atoms with Gasteiger partial charge in [0.1, 0.15) is 11.3 Å². The van der Waals surface area contributed by atoms with Crippen LogP contribution in [0.4, 0.5) is 5.69 Å². The molecule has 0 N–H and O–H groups in total. The van der Waals surface area contributed by atoms with E-state index in [1.165, 1.54) is 9.58 Å². The van der Waals surface area contributed by atoms with Gasteiger partial charge in [-0.25, -0.2) is 4.98 Å². The Morgan fingerprint density at radius 2 is 2.17 bits per heavy atom. The van der Waals surface area contributed by atoms with Crippen molar-refractivity contribution >= 4 is 17.2 Å². The van der Waals surface area contributed by atoms with Crippen molar-refractivity contribution in [2.45, 2.75) is 13.5 Å². The second kappa shape index (κ2) is 5.76. The number of aromatic nitrogens is 4. The third kappa shape index (κ3) is 2.60. The number of nitrogens with zero attached hydrogens (tertiary/aromatic N) is 6. The zero-order chi connectivity index (χ0) is 17.4. The van der Waals surface area contributed by atoms with Gasteiger partial charge in [0.2, 0.25) is 5.69 Å². The number of carbonyl (C=O) groups excluding carboxylic acids is 1. The first-order valence-electron chi connectivity index (χ1n) is 7.24. The van der Waals surface area contributed by atoms with Crippen molar-refractivity contribution in [1.29, 1.82) is 0 Å².